The molecule has 0 spiro atoms. The zero-order chi connectivity index (χ0) is 11.1. The average Bonchev–Trinajstić information content (AvgIpc) is 2.24. The van der Waals surface area contributed by atoms with Crippen molar-refractivity contribution >= 4 is 27.7 Å². The van der Waals surface area contributed by atoms with E-state index in [0.717, 1.165) is 27.8 Å². The first kappa shape index (κ1) is 12.9. The third-order valence-corrected chi connectivity index (χ3v) is 3.92. The van der Waals surface area contributed by atoms with Gasteiger partial charge in [-0.3, -0.25) is 0 Å². The first-order valence-corrected chi connectivity index (χ1v) is 7.06. The second kappa shape index (κ2) is 7.18. The highest BCUT2D eigenvalue weighted by atomic mass is 79.9. The molecule has 0 heterocycles. The number of benzene rings is 1. The minimum absolute atomic E-state index is 0.733. The van der Waals surface area contributed by atoms with Crippen LogP contribution in [0.4, 0.5) is 0 Å². The van der Waals surface area contributed by atoms with E-state index in [0.29, 0.717) is 0 Å². The smallest absolute Gasteiger partial charge is 0.120 e. The second-order valence-corrected chi connectivity index (χ2v) is 5.86. The van der Waals surface area contributed by atoms with Crippen LogP contribution in [-0.2, 0) is 0 Å². The van der Waals surface area contributed by atoms with Crippen molar-refractivity contribution in [1.29, 1.82) is 0 Å². The minimum atomic E-state index is 0.733. The Balaban J connectivity index is 2.20. The number of halogens is 1. The van der Waals surface area contributed by atoms with Crippen LogP contribution < -0.4 is 4.74 Å². The highest BCUT2D eigenvalue weighted by Crippen LogP contribution is 2.18. The van der Waals surface area contributed by atoms with E-state index in [1.165, 1.54) is 6.42 Å². The molecule has 15 heavy (non-hydrogen) atoms. The SMILES string of the molecule is CCC(C)SCCOc1cccc(Br)c1. The molecule has 0 aromatic heterocycles. The lowest BCUT2D eigenvalue weighted by atomic mass is 10.3. The van der Waals surface area contributed by atoms with Crippen LogP contribution in [0.3, 0.4) is 0 Å². The first-order chi connectivity index (χ1) is 7.22. The van der Waals surface area contributed by atoms with Crippen molar-refractivity contribution < 1.29 is 4.74 Å². The van der Waals surface area contributed by atoms with Crippen LogP contribution in [-0.4, -0.2) is 17.6 Å². The summed E-state index contributed by atoms with van der Waals surface area (Å²) in [6, 6.07) is 7.97. The molecule has 0 saturated heterocycles. The summed E-state index contributed by atoms with van der Waals surface area (Å²) in [5.74, 6) is 2.00. The number of hydrogen-bond acceptors (Lipinski definition) is 2. The van der Waals surface area contributed by atoms with Crippen LogP contribution >= 0.6 is 27.7 Å². The summed E-state index contributed by atoms with van der Waals surface area (Å²) >= 11 is 5.38. The van der Waals surface area contributed by atoms with Crippen molar-refractivity contribution in [2.75, 3.05) is 12.4 Å². The Labute approximate surface area is 105 Å². The lowest BCUT2D eigenvalue weighted by molar-refractivity contribution is 0.343. The average molecular weight is 289 g/mol. The van der Waals surface area contributed by atoms with E-state index in [2.05, 4.69) is 29.8 Å². The molecule has 1 aromatic rings. The first-order valence-electron chi connectivity index (χ1n) is 5.22. The van der Waals surface area contributed by atoms with Gasteiger partial charge in [-0.1, -0.05) is 35.8 Å². The lowest BCUT2D eigenvalue weighted by Crippen LogP contribution is -2.03. The van der Waals surface area contributed by atoms with Crippen molar-refractivity contribution in [2.24, 2.45) is 0 Å². The van der Waals surface area contributed by atoms with Gasteiger partial charge in [0.25, 0.3) is 0 Å². The summed E-state index contributed by atoms with van der Waals surface area (Å²) in [6.45, 7) is 5.25. The highest BCUT2D eigenvalue weighted by molar-refractivity contribution is 9.10. The van der Waals surface area contributed by atoms with Gasteiger partial charge in [-0.25, -0.2) is 0 Å². The van der Waals surface area contributed by atoms with Crippen molar-refractivity contribution in [1.82, 2.24) is 0 Å². The molecule has 0 fully saturated rings. The predicted octanol–water partition coefficient (Wildman–Crippen LogP) is 4.36. The highest BCUT2D eigenvalue weighted by Gasteiger charge is 1.99. The fraction of sp³-hybridized carbons (Fsp3) is 0.500. The molecule has 0 aliphatic carbocycles. The van der Waals surface area contributed by atoms with E-state index in [1.54, 1.807) is 0 Å². The number of thioether (sulfide) groups is 1. The molecule has 0 aliphatic rings. The molecular weight excluding hydrogens is 272 g/mol. The molecule has 0 saturated carbocycles. The Morgan fingerprint density at radius 2 is 2.27 bits per heavy atom. The van der Waals surface area contributed by atoms with Gasteiger partial charge in [0.2, 0.25) is 0 Å². The van der Waals surface area contributed by atoms with Crippen LogP contribution in [0.5, 0.6) is 5.75 Å². The minimum Gasteiger partial charge on any atom is -0.493 e. The van der Waals surface area contributed by atoms with Gasteiger partial charge in [0.1, 0.15) is 5.75 Å². The molecule has 1 nitrogen and oxygen atoms in total. The molecule has 1 unspecified atom stereocenters. The van der Waals surface area contributed by atoms with E-state index in [-0.39, 0.29) is 0 Å². The van der Waals surface area contributed by atoms with Crippen LogP contribution in [0.25, 0.3) is 0 Å². The molecule has 0 amide bonds. The van der Waals surface area contributed by atoms with Gasteiger partial charge in [-0.15, -0.1) is 0 Å². The van der Waals surface area contributed by atoms with Crippen molar-refractivity contribution in [3.63, 3.8) is 0 Å². The van der Waals surface area contributed by atoms with Crippen LogP contribution in [0, 0.1) is 0 Å². The zero-order valence-electron chi connectivity index (χ0n) is 9.20. The maximum absolute atomic E-state index is 5.63. The van der Waals surface area contributed by atoms with Crippen molar-refractivity contribution in [2.45, 2.75) is 25.5 Å². The Morgan fingerprint density at radius 1 is 1.47 bits per heavy atom. The monoisotopic (exact) mass is 288 g/mol. The maximum Gasteiger partial charge on any atom is 0.120 e. The summed E-state index contributed by atoms with van der Waals surface area (Å²) in [4.78, 5) is 0. The van der Waals surface area contributed by atoms with Gasteiger partial charge >= 0.3 is 0 Å². The number of rotatable bonds is 6. The second-order valence-electron chi connectivity index (χ2n) is 3.40. The van der Waals surface area contributed by atoms with Gasteiger partial charge in [0.05, 0.1) is 6.61 Å². The van der Waals surface area contributed by atoms with E-state index in [9.17, 15) is 0 Å². The fourth-order valence-corrected chi connectivity index (χ4v) is 2.28. The molecule has 3 heteroatoms. The molecule has 0 radical (unpaired) electrons. The molecule has 1 rings (SSSR count). The maximum atomic E-state index is 5.63. The summed E-state index contributed by atoms with van der Waals surface area (Å²) < 4.78 is 6.70. The molecule has 1 aromatic carbocycles. The third kappa shape index (κ3) is 5.47. The standard InChI is InChI=1S/C12H17BrOS/c1-3-10(2)15-8-7-14-12-6-4-5-11(13)9-12/h4-6,9-10H,3,7-8H2,1-2H3. The van der Waals surface area contributed by atoms with Gasteiger partial charge in [-0.05, 0) is 24.6 Å². The van der Waals surface area contributed by atoms with E-state index >= 15 is 0 Å². The van der Waals surface area contributed by atoms with E-state index in [4.69, 9.17) is 4.74 Å². The molecular formula is C12H17BrOS. The zero-order valence-corrected chi connectivity index (χ0v) is 11.6. The molecule has 0 aliphatic heterocycles. The Kier molecular flexibility index (Phi) is 6.18. The Bertz CT molecular complexity index is 291. The van der Waals surface area contributed by atoms with Crippen molar-refractivity contribution in [3.05, 3.63) is 28.7 Å². The summed E-state index contributed by atoms with van der Waals surface area (Å²) in [6.07, 6.45) is 1.22. The topological polar surface area (TPSA) is 9.23 Å². The van der Waals surface area contributed by atoms with Gasteiger partial charge < -0.3 is 4.74 Å². The molecule has 0 bridgehead atoms. The number of ether oxygens (including phenoxy) is 1. The van der Waals surface area contributed by atoms with Gasteiger partial charge in [0, 0.05) is 15.5 Å². The lowest BCUT2D eigenvalue weighted by Gasteiger charge is -2.09. The molecule has 1 atom stereocenters. The van der Waals surface area contributed by atoms with E-state index in [1.807, 2.05) is 36.0 Å². The molecule has 84 valence electrons. The van der Waals surface area contributed by atoms with E-state index < -0.39 is 0 Å². The van der Waals surface area contributed by atoms with Crippen LogP contribution in [0.1, 0.15) is 20.3 Å². The number of hydrogen-bond donors (Lipinski definition) is 0. The fourth-order valence-electron chi connectivity index (χ4n) is 1.08. The Hall–Kier alpha value is -0.150. The van der Waals surface area contributed by atoms with Gasteiger partial charge in [-0.2, -0.15) is 11.8 Å². The largest absolute Gasteiger partial charge is 0.493 e. The summed E-state index contributed by atoms with van der Waals surface area (Å²) in [7, 11) is 0. The summed E-state index contributed by atoms with van der Waals surface area (Å²) in [5, 5.41) is 0.733. The molecule has 0 N–H and O–H groups in total. The van der Waals surface area contributed by atoms with Gasteiger partial charge in [0.15, 0.2) is 0 Å². The predicted molar refractivity (Wildman–Crippen MR) is 71.8 cm³/mol. The summed E-state index contributed by atoms with van der Waals surface area (Å²) in [5.41, 5.74) is 0. The normalized spacial score (nSPS) is 12.5. The van der Waals surface area contributed by atoms with Crippen LogP contribution in [0.15, 0.2) is 28.7 Å². The van der Waals surface area contributed by atoms with Crippen LogP contribution in [0.2, 0.25) is 0 Å². The Morgan fingerprint density at radius 3 is 2.93 bits per heavy atom. The third-order valence-electron chi connectivity index (χ3n) is 2.13. The quantitative estimate of drug-likeness (QED) is 0.720. The van der Waals surface area contributed by atoms with Crippen molar-refractivity contribution in [3.8, 4) is 5.75 Å².